The highest BCUT2D eigenvalue weighted by Gasteiger charge is 2.44. The van der Waals surface area contributed by atoms with E-state index in [1.54, 1.807) is 0 Å². The number of halogens is 7. The predicted molar refractivity (Wildman–Crippen MR) is 64.2 cm³/mol. The first-order valence-electron chi connectivity index (χ1n) is 5.29. The SMILES string of the molecule is Cl.N[C@H](c1ccc(OC(F)(F)C(F)F)cc1)C(F)(F)CO. The average molecular weight is 340 g/mol. The monoisotopic (exact) mass is 339 g/mol. The van der Waals surface area contributed by atoms with Gasteiger partial charge >= 0.3 is 12.5 Å². The van der Waals surface area contributed by atoms with Gasteiger partial charge in [0, 0.05) is 0 Å². The normalized spacial score (nSPS) is 13.8. The van der Waals surface area contributed by atoms with E-state index in [4.69, 9.17) is 10.8 Å². The standard InChI is InChI=1S/C11H11F6NO2.ClH/c12-9(13)11(16,17)20-7-3-1-6(2-4-7)8(18)10(14,15)5-19;/h1-4,8-9,19H,5,18H2;1H/t8-;/m1./s1. The van der Waals surface area contributed by atoms with Crippen molar-refractivity contribution in [3.05, 3.63) is 29.8 Å². The minimum atomic E-state index is -4.68. The molecule has 21 heavy (non-hydrogen) atoms. The number of alkyl halides is 6. The van der Waals surface area contributed by atoms with Gasteiger partial charge in [-0.2, -0.15) is 17.6 Å². The van der Waals surface area contributed by atoms with E-state index < -0.39 is 36.9 Å². The van der Waals surface area contributed by atoms with Crippen molar-refractivity contribution < 1.29 is 36.2 Å². The summed E-state index contributed by atoms with van der Waals surface area (Å²) in [5.74, 6) is -4.23. The van der Waals surface area contributed by atoms with Crippen molar-refractivity contribution in [2.75, 3.05) is 6.61 Å². The van der Waals surface area contributed by atoms with Crippen LogP contribution in [-0.4, -0.2) is 30.2 Å². The minimum absolute atomic E-state index is 0. The second kappa shape index (κ2) is 7.19. The van der Waals surface area contributed by atoms with Crippen LogP contribution in [0.25, 0.3) is 0 Å². The molecule has 122 valence electrons. The molecule has 0 aliphatic rings. The van der Waals surface area contributed by atoms with Crippen molar-refractivity contribution in [2.45, 2.75) is 24.5 Å². The van der Waals surface area contributed by atoms with Gasteiger partial charge in [-0.15, -0.1) is 12.4 Å². The summed E-state index contributed by atoms with van der Waals surface area (Å²) < 4.78 is 78.9. The van der Waals surface area contributed by atoms with E-state index >= 15 is 0 Å². The lowest BCUT2D eigenvalue weighted by Gasteiger charge is -2.22. The van der Waals surface area contributed by atoms with Crippen LogP contribution in [0, 0.1) is 0 Å². The van der Waals surface area contributed by atoms with Crippen molar-refractivity contribution in [3.8, 4) is 5.75 Å². The summed E-state index contributed by atoms with van der Waals surface area (Å²) in [5.41, 5.74) is 5.02. The van der Waals surface area contributed by atoms with E-state index in [0.717, 1.165) is 24.3 Å². The Balaban J connectivity index is 0.00000400. The van der Waals surface area contributed by atoms with Gasteiger partial charge in [-0.05, 0) is 17.7 Å². The third kappa shape index (κ3) is 4.94. The second-order valence-corrected chi connectivity index (χ2v) is 3.93. The molecular formula is C11H12ClF6NO2. The molecule has 0 saturated carbocycles. The fraction of sp³-hybridized carbons (Fsp3) is 0.455. The van der Waals surface area contributed by atoms with E-state index in [-0.39, 0.29) is 18.0 Å². The van der Waals surface area contributed by atoms with Crippen LogP contribution in [0.3, 0.4) is 0 Å². The summed E-state index contributed by atoms with van der Waals surface area (Å²) in [6.07, 6.45) is -8.71. The maximum Gasteiger partial charge on any atom is 0.461 e. The molecule has 0 aliphatic heterocycles. The molecule has 1 aromatic rings. The fourth-order valence-electron chi connectivity index (χ4n) is 1.29. The zero-order valence-corrected chi connectivity index (χ0v) is 11.1. The third-order valence-corrected chi connectivity index (χ3v) is 2.41. The fourth-order valence-corrected chi connectivity index (χ4v) is 1.29. The summed E-state index contributed by atoms with van der Waals surface area (Å²) in [4.78, 5) is 0. The molecule has 0 heterocycles. The minimum Gasteiger partial charge on any atom is -0.428 e. The van der Waals surface area contributed by atoms with Gasteiger partial charge in [0.25, 0.3) is 5.92 Å². The molecular weight excluding hydrogens is 328 g/mol. The largest absolute Gasteiger partial charge is 0.461 e. The van der Waals surface area contributed by atoms with Crippen molar-refractivity contribution in [1.82, 2.24) is 0 Å². The van der Waals surface area contributed by atoms with Crippen LogP contribution < -0.4 is 10.5 Å². The first-order chi connectivity index (χ1) is 9.10. The van der Waals surface area contributed by atoms with Gasteiger partial charge in [0.2, 0.25) is 0 Å². The molecule has 0 unspecified atom stereocenters. The van der Waals surface area contributed by atoms with Crippen molar-refractivity contribution in [2.24, 2.45) is 5.73 Å². The Kier molecular flexibility index (Phi) is 6.78. The first-order valence-corrected chi connectivity index (χ1v) is 5.29. The van der Waals surface area contributed by atoms with Gasteiger partial charge in [0.1, 0.15) is 12.4 Å². The van der Waals surface area contributed by atoms with Crippen molar-refractivity contribution in [3.63, 3.8) is 0 Å². The van der Waals surface area contributed by atoms with Gasteiger partial charge in [-0.25, -0.2) is 8.78 Å². The van der Waals surface area contributed by atoms with Crippen LogP contribution in [0.5, 0.6) is 5.75 Å². The molecule has 1 rings (SSSR count). The summed E-state index contributed by atoms with van der Waals surface area (Å²) in [6.45, 7) is -1.49. The van der Waals surface area contributed by atoms with E-state index in [0.29, 0.717) is 0 Å². The lowest BCUT2D eigenvalue weighted by molar-refractivity contribution is -0.253. The highest BCUT2D eigenvalue weighted by Crippen LogP contribution is 2.31. The molecule has 3 N–H and O–H groups in total. The Morgan fingerprint density at radius 2 is 1.57 bits per heavy atom. The van der Waals surface area contributed by atoms with Crippen molar-refractivity contribution in [1.29, 1.82) is 0 Å². The zero-order valence-electron chi connectivity index (χ0n) is 10.3. The van der Waals surface area contributed by atoms with E-state index in [1.807, 2.05) is 0 Å². The Labute approximate surface area is 122 Å². The number of nitrogens with two attached hydrogens (primary N) is 1. The predicted octanol–water partition coefficient (Wildman–Crippen LogP) is 2.97. The first kappa shape index (κ1) is 19.8. The van der Waals surface area contributed by atoms with Crippen LogP contribution >= 0.6 is 12.4 Å². The van der Waals surface area contributed by atoms with Crippen LogP contribution in [0.2, 0.25) is 0 Å². The second-order valence-electron chi connectivity index (χ2n) is 3.93. The van der Waals surface area contributed by atoms with Crippen LogP contribution in [-0.2, 0) is 0 Å². The molecule has 0 saturated heterocycles. The van der Waals surface area contributed by atoms with Gasteiger partial charge in [0.15, 0.2) is 0 Å². The lowest BCUT2D eigenvalue weighted by Crippen LogP contribution is -2.36. The number of hydrogen-bond acceptors (Lipinski definition) is 3. The molecule has 0 fully saturated rings. The van der Waals surface area contributed by atoms with Crippen LogP contribution in [0.4, 0.5) is 26.3 Å². The topological polar surface area (TPSA) is 55.5 Å². The third-order valence-electron chi connectivity index (χ3n) is 2.41. The molecule has 0 aliphatic carbocycles. The molecule has 3 nitrogen and oxygen atoms in total. The summed E-state index contributed by atoms with van der Waals surface area (Å²) >= 11 is 0. The number of aliphatic hydroxyl groups excluding tert-OH is 1. The quantitative estimate of drug-likeness (QED) is 0.783. The van der Waals surface area contributed by atoms with Gasteiger partial charge < -0.3 is 15.6 Å². The summed E-state index contributed by atoms with van der Waals surface area (Å²) in [7, 11) is 0. The Morgan fingerprint density at radius 1 is 1.10 bits per heavy atom. The van der Waals surface area contributed by atoms with E-state index in [1.165, 1.54) is 0 Å². The molecule has 0 spiro atoms. The maximum absolute atomic E-state index is 13.1. The van der Waals surface area contributed by atoms with Crippen molar-refractivity contribution >= 4 is 12.4 Å². The molecule has 0 bridgehead atoms. The number of ether oxygens (including phenoxy) is 1. The average Bonchev–Trinajstić information content (AvgIpc) is 2.38. The molecule has 0 amide bonds. The summed E-state index contributed by atoms with van der Waals surface area (Å²) in [5, 5.41) is 8.46. The lowest BCUT2D eigenvalue weighted by atomic mass is 10.0. The van der Waals surface area contributed by atoms with Gasteiger partial charge in [-0.1, -0.05) is 12.1 Å². The molecule has 1 atom stereocenters. The number of benzene rings is 1. The molecule has 10 heteroatoms. The Bertz CT molecular complexity index is 443. The summed E-state index contributed by atoms with van der Waals surface area (Å²) in [6, 6.07) is 1.59. The molecule has 1 aromatic carbocycles. The van der Waals surface area contributed by atoms with Gasteiger partial charge in [0.05, 0.1) is 6.04 Å². The van der Waals surface area contributed by atoms with Crippen LogP contribution in [0.1, 0.15) is 11.6 Å². The van der Waals surface area contributed by atoms with E-state index in [9.17, 15) is 26.3 Å². The molecule has 0 radical (unpaired) electrons. The maximum atomic E-state index is 13.1. The number of aliphatic hydroxyl groups is 1. The smallest absolute Gasteiger partial charge is 0.428 e. The van der Waals surface area contributed by atoms with Crippen LogP contribution in [0.15, 0.2) is 24.3 Å². The van der Waals surface area contributed by atoms with E-state index in [2.05, 4.69) is 4.74 Å². The Morgan fingerprint density at radius 3 is 1.95 bits per heavy atom. The zero-order chi connectivity index (χ0) is 15.6. The van der Waals surface area contributed by atoms with Gasteiger partial charge in [-0.3, -0.25) is 0 Å². The molecule has 0 aromatic heterocycles. The number of hydrogen-bond donors (Lipinski definition) is 2. The highest BCUT2D eigenvalue weighted by atomic mass is 35.5. The number of rotatable bonds is 6. The Hall–Kier alpha value is -1.19. The highest BCUT2D eigenvalue weighted by molar-refractivity contribution is 5.85.